The molecular formula is C24H27ClN6O2. The van der Waals surface area contributed by atoms with E-state index in [2.05, 4.69) is 36.8 Å². The molecule has 0 aliphatic carbocycles. The number of halogens is 1. The Balaban J connectivity index is 1.49. The number of pyridine rings is 1. The number of fused-ring (bicyclic) bond motifs is 3. The highest BCUT2D eigenvalue weighted by Gasteiger charge is 2.35. The first kappa shape index (κ1) is 21.7. The molecule has 1 unspecified atom stereocenters. The molecule has 0 radical (unpaired) electrons. The second-order valence-corrected chi connectivity index (χ2v) is 9.13. The number of piperidine rings is 1. The van der Waals surface area contributed by atoms with Crippen LogP contribution in [0, 0.1) is 6.92 Å². The van der Waals surface area contributed by atoms with Crippen molar-refractivity contribution >= 4 is 23.5 Å². The van der Waals surface area contributed by atoms with E-state index in [9.17, 15) is 4.79 Å². The summed E-state index contributed by atoms with van der Waals surface area (Å²) in [6.45, 7) is 6.18. The third kappa shape index (κ3) is 3.93. The highest BCUT2D eigenvalue weighted by atomic mass is 35.5. The van der Waals surface area contributed by atoms with E-state index in [4.69, 9.17) is 16.3 Å². The van der Waals surface area contributed by atoms with Crippen molar-refractivity contribution in [2.24, 2.45) is 0 Å². The molecule has 1 fully saturated rings. The molecule has 2 aromatic heterocycles. The molecule has 8 nitrogen and oxygen atoms in total. The second-order valence-electron chi connectivity index (χ2n) is 8.70. The number of benzene rings is 1. The van der Waals surface area contributed by atoms with Crippen molar-refractivity contribution in [2.75, 3.05) is 25.1 Å². The number of aryl methyl sites for hydroxylation is 1. The molecule has 0 spiro atoms. The van der Waals surface area contributed by atoms with Gasteiger partial charge in [0.2, 0.25) is 0 Å². The van der Waals surface area contributed by atoms with E-state index in [0.717, 1.165) is 60.3 Å². The van der Waals surface area contributed by atoms with Crippen LogP contribution in [-0.4, -0.2) is 50.9 Å². The molecule has 2 aliphatic rings. The van der Waals surface area contributed by atoms with Crippen molar-refractivity contribution in [1.29, 1.82) is 0 Å². The number of carbonyl (C=O) groups is 1. The Bertz CT molecular complexity index is 1190. The summed E-state index contributed by atoms with van der Waals surface area (Å²) >= 11 is 6.32. The Morgan fingerprint density at radius 2 is 1.88 bits per heavy atom. The van der Waals surface area contributed by atoms with Gasteiger partial charge in [-0.05, 0) is 62.6 Å². The molecule has 172 valence electrons. The van der Waals surface area contributed by atoms with Gasteiger partial charge in [-0.25, -0.2) is 9.78 Å². The van der Waals surface area contributed by atoms with Crippen molar-refractivity contribution in [1.82, 2.24) is 24.6 Å². The summed E-state index contributed by atoms with van der Waals surface area (Å²) in [6.07, 6.45) is 1.50. The van der Waals surface area contributed by atoms with Gasteiger partial charge >= 0.3 is 6.09 Å². The fourth-order valence-electron chi connectivity index (χ4n) is 4.86. The van der Waals surface area contributed by atoms with Crippen LogP contribution in [0.5, 0.6) is 0 Å². The molecule has 2 aliphatic heterocycles. The number of rotatable bonds is 2. The molecule has 9 heteroatoms. The van der Waals surface area contributed by atoms with Gasteiger partial charge in [0, 0.05) is 29.7 Å². The van der Waals surface area contributed by atoms with E-state index >= 15 is 0 Å². The minimum Gasteiger partial charge on any atom is -0.453 e. The van der Waals surface area contributed by atoms with Crippen LogP contribution in [0.4, 0.5) is 10.6 Å². The van der Waals surface area contributed by atoms with E-state index < -0.39 is 6.09 Å². The average Bonchev–Trinajstić information content (AvgIpc) is 3.22. The minimum absolute atomic E-state index is 0.257. The molecule has 1 atom stereocenters. The third-order valence-corrected chi connectivity index (χ3v) is 6.88. The molecule has 33 heavy (non-hydrogen) atoms. The first-order chi connectivity index (χ1) is 16.0. The summed E-state index contributed by atoms with van der Waals surface area (Å²) in [4.78, 5) is 21.2. The molecule has 1 saturated heterocycles. The van der Waals surface area contributed by atoms with E-state index in [1.165, 1.54) is 7.11 Å². The van der Waals surface area contributed by atoms with Crippen LogP contribution >= 0.6 is 11.6 Å². The lowest BCUT2D eigenvalue weighted by Crippen LogP contribution is -2.34. The van der Waals surface area contributed by atoms with Crippen molar-refractivity contribution in [3.05, 3.63) is 64.3 Å². The van der Waals surface area contributed by atoms with Gasteiger partial charge in [0.25, 0.3) is 0 Å². The predicted molar refractivity (Wildman–Crippen MR) is 126 cm³/mol. The lowest BCUT2D eigenvalue weighted by atomic mass is 9.95. The molecule has 0 N–H and O–H groups in total. The average molecular weight is 467 g/mol. The van der Waals surface area contributed by atoms with E-state index in [-0.39, 0.29) is 12.0 Å². The number of anilines is 1. The number of hydrogen-bond donors (Lipinski definition) is 0. The number of methoxy groups -OCH3 is 1. The molecule has 1 amide bonds. The maximum absolute atomic E-state index is 12.5. The van der Waals surface area contributed by atoms with Gasteiger partial charge < -0.3 is 9.64 Å². The molecule has 0 bridgehead atoms. The zero-order valence-corrected chi connectivity index (χ0v) is 19.8. The standard InChI is InChI=1S/C24H27ClN6O2/c1-15-5-4-6-21(26-15)29-11-9-17(10-12-29)23-28-27-22-16(2)30(24(32)33-3)14-18-13-19(25)7-8-20(18)31(22)23/h4-8,13,16-17H,9-12,14H2,1-3H3. The Labute approximate surface area is 198 Å². The van der Waals surface area contributed by atoms with Crippen LogP contribution in [0.25, 0.3) is 5.69 Å². The number of ether oxygens (including phenoxy) is 1. The van der Waals surface area contributed by atoms with Crippen molar-refractivity contribution < 1.29 is 9.53 Å². The van der Waals surface area contributed by atoms with Gasteiger partial charge in [0.1, 0.15) is 11.6 Å². The topological polar surface area (TPSA) is 76.4 Å². The summed E-state index contributed by atoms with van der Waals surface area (Å²) in [6, 6.07) is 11.6. The number of aromatic nitrogens is 4. The molecule has 0 saturated carbocycles. The van der Waals surface area contributed by atoms with Gasteiger partial charge in [0.05, 0.1) is 25.4 Å². The first-order valence-electron chi connectivity index (χ1n) is 11.2. The highest BCUT2D eigenvalue weighted by molar-refractivity contribution is 6.30. The number of nitrogens with zero attached hydrogens (tertiary/aromatic N) is 6. The fourth-order valence-corrected chi connectivity index (χ4v) is 5.06. The Morgan fingerprint density at radius 1 is 1.12 bits per heavy atom. The lowest BCUT2D eigenvalue weighted by molar-refractivity contribution is 0.103. The molecular weight excluding hydrogens is 440 g/mol. The van der Waals surface area contributed by atoms with Crippen LogP contribution in [0.1, 0.15) is 54.6 Å². The summed E-state index contributed by atoms with van der Waals surface area (Å²) in [5.74, 6) is 2.95. The Morgan fingerprint density at radius 3 is 2.61 bits per heavy atom. The second kappa shape index (κ2) is 8.67. The third-order valence-electron chi connectivity index (χ3n) is 6.64. The maximum Gasteiger partial charge on any atom is 0.410 e. The van der Waals surface area contributed by atoms with Crippen molar-refractivity contribution in [3.8, 4) is 5.69 Å². The monoisotopic (exact) mass is 466 g/mol. The quantitative estimate of drug-likeness (QED) is 0.547. The van der Waals surface area contributed by atoms with Gasteiger partial charge in [0.15, 0.2) is 5.82 Å². The minimum atomic E-state index is -0.398. The van der Waals surface area contributed by atoms with E-state index in [1.54, 1.807) is 4.90 Å². The largest absolute Gasteiger partial charge is 0.453 e. The number of carbonyl (C=O) groups excluding carboxylic acids is 1. The van der Waals surface area contributed by atoms with Crippen LogP contribution in [0.15, 0.2) is 36.4 Å². The summed E-state index contributed by atoms with van der Waals surface area (Å²) in [5.41, 5.74) is 2.94. The number of amides is 1. The Hall–Kier alpha value is -3.13. The Kier molecular flexibility index (Phi) is 5.70. The van der Waals surface area contributed by atoms with Gasteiger partial charge in [-0.3, -0.25) is 9.47 Å². The smallest absolute Gasteiger partial charge is 0.410 e. The molecule has 3 aromatic rings. The first-order valence-corrected chi connectivity index (χ1v) is 11.6. The zero-order valence-electron chi connectivity index (χ0n) is 19.0. The molecule has 4 heterocycles. The summed E-state index contributed by atoms with van der Waals surface area (Å²) in [7, 11) is 1.39. The van der Waals surface area contributed by atoms with Crippen molar-refractivity contribution in [2.45, 2.75) is 45.2 Å². The van der Waals surface area contributed by atoms with Crippen LogP contribution in [-0.2, 0) is 11.3 Å². The summed E-state index contributed by atoms with van der Waals surface area (Å²) < 4.78 is 7.18. The van der Waals surface area contributed by atoms with E-state index in [1.807, 2.05) is 38.1 Å². The summed E-state index contributed by atoms with van der Waals surface area (Å²) in [5, 5.41) is 9.82. The van der Waals surface area contributed by atoms with Gasteiger partial charge in [-0.2, -0.15) is 0 Å². The van der Waals surface area contributed by atoms with Crippen LogP contribution in [0.3, 0.4) is 0 Å². The van der Waals surface area contributed by atoms with Gasteiger partial charge in [-0.15, -0.1) is 10.2 Å². The molecule has 1 aromatic carbocycles. The number of hydrogen-bond acceptors (Lipinski definition) is 6. The van der Waals surface area contributed by atoms with Crippen molar-refractivity contribution in [3.63, 3.8) is 0 Å². The SMILES string of the molecule is COC(=O)N1Cc2cc(Cl)ccc2-n2c(C3CCN(c4cccc(C)n4)CC3)nnc2C1C. The molecule has 5 rings (SSSR count). The predicted octanol–water partition coefficient (Wildman–Crippen LogP) is 4.65. The van der Waals surface area contributed by atoms with Crippen LogP contribution in [0.2, 0.25) is 5.02 Å². The highest BCUT2D eigenvalue weighted by Crippen LogP contribution is 2.37. The zero-order chi connectivity index (χ0) is 23.1. The van der Waals surface area contributed by atoms with Crippen LogP contribution < -0.4 is 4.90 Å². The normalized spacial score (nSPS) is 18.5. The fraction of sp³-hybridized carbons (Fsp3) is 0.417. The maximum atomic E-state index is 12.5. The van der Waals surface area contributed by atoms with Gasteiger partial charge in [-0.1, -0.05) is 17.7 Å². The lowest BCUT2D eigenvalue weighted by Gasteiger charge is -2.32. The van der Waals surface area contributed by atoms with E-state index in [0.29, 0.717) is 11.6 Å².